The highest BCUT2D eigenvalue weighted by Crippen LogP contribution is 1.88. The molecule has 0 spiro atoms. The van der Waals surface area contributed by atoms with Gasteiger partial charge in [-0.05, 0) is 7.05 Å². The van der Waals surface area contributed by atoms with Crippen molar-refractivity contribution < 1.29 is 0 Å². The van der Waals surface area contributed by atoms with Crippen LogP contribution < -0.4 is 10.6 Å². The zero-order valence-corrected chi connectivity index (χ0v) is 7.54. The highest BCUT2D eigenvalue weighted by atomic mass is 15.4. The van der Waals surface area contributed by atoms with Crippen LogP contribution in [-0.4, -0.2) is 35.1 Å². The summed E-state index contributed by atoms with van der Waals surface area (Å²) in [6, 6.07) is 0. The van der Waals surface area contributed by atoms with Crippen LogP contribution in [0.15, 0.2) is 6.20 Å². The minimum atomic E-state index is 0.787. The van der Waals surface area contributed by atoms with Gasteiger partial charge in [0.25, 0.3) is 0 Å². The lowest BCUT2D eigenvalue weighted by Crippen LogP contribution is -2.24. The van der Waals surface area contributed by atoms with Gasteiger partial charge >= 0.3 is 0 Å². The molecule has 2 N–H and O–H groups in total. The maximum atomic E-state index is 3.94. The molecule has 1 aromatic heterocycles. The molecule has 0 aliphatic heterocycles. The standard InChI is InChI=1S/C7H15N5/c1-8-3-4-9-5-7-6-12(2)11-10-7/h6,8-9H,3-5H2,1-2H3. The van der Waals surface area contributed by atoms with Gasteiger partial charge in [-0.3, -0.25) is 4.68 Å². The summed E-state index contributed by atoms with van der Waals surface area (Å²) >= 11 is 0. The molecule has 5 nitrogen and oxygen atoms in total. The van der Waals surface area contributed by atoms with Crippen LogP contribution in [-0.2, 0) is 13.6 Å². The molecule has 0 fully saturated rings. The molecule has 12 heavy (non-hydrogen) atoms. The number of aryl methyl sites for hydroxylation is 1. The van der Waals surface area contributed by atoms with Gasteiger partial charge in [0, 0.05) is 32.9 Å². The van der Waals surface area contributed by atoms with Crippen molar-refractivity contribution in [2.75, 3.05) is 20.1 Å². The molecular weight excluding hydrogens is 154 g/mol. The third-order valence-corrected chi connectivity index (χ3v) is 1.51. The summed E-state index contributed by atoms with van der Waals surface area (Å²) in [7, 11) is 3.80. The summed E-state index contributed by atoms with van der Waals surface area (Å²) in [6.45, 7) is 2.71. The van der Waals surface area contributed by atoms with Crippen molar-refractivity contribution in [3.63, 3.8) is 0 Å². The van der Waals surface area contributed by atoms with E-state index in [0.29, 0.717) is 0 Å². The number of aromatic nitrogens is 3. The molecular formula is C7H15N5. The number of hydrogen-bond acceptors (Lipinski definition) is 4. The van der Waals surface area contributed by atoms with Crippen LogP contribution >= 0.6 is 0 Å². The number of hydrogen-bond donors (Lipinski definition) is 2. The van der Waals surface area contributed by atoms with Crippen molar-refractivity contribution in [3.05, 3.63) is 11.9 Å². The van der Waals surface area contributed by atoms with Crippen LogP contribution in [0.2, 0.25) is 0 Å². The molecule has 68 valence electrons. The Kier molecular flexibility index (Phi) is 3.69. The minimum Gasteiger partial charge on any atom is -0.318 e. The Bertz CT molecular complexity index is 219. The predicted octanol–water partition coefficient (Wildman–Crippen LogP) is -0.876. The normalized spacial score (nSPS) is 10.5. The summed E-state index contributed by atoms with van der Waals surface area (Å²) in [5, 5.41) is 14.1. The van der Waals surface area contributed by atoms with Gasteiger partial charge in [-0.15, -0.1) is 5.10 Å². The van der Waals surface area contributed by atoms with Gasteiger partial charge in [-0.2, -0.15) is 0 Å². The topological polar surface area (TPSA) is 54.8 Å². The van der Waals surface area contributed by atoms with E-state index >= 15 is 0 Å². The first-order chi connectivity index (χ1) is 5.83. The lowest BCUT2D eigenvalue weighted by atomic mass is 10.4. The minimum absolute atomic E-state index is 0.787. The van der Waals surface area contributed by atoms with E-state index in [1.807, 2.05) is 20.3 Å². The van der Waals surface area contributed by atoms with Crippen molar-refractivity contribution >= 4 is 0 Å². The highest BCUT2D eigenvalue weighted by molar-refractivity contribution is 4.90. The fourth-order valence-electron chi connectivity index (χ4n) is 0.906. The molecule has 0 saturated heterocycles. The summed E-state index contributed by atoms with van der Waals surface area (Å²) in [5.41, 5.74) is 0.980. The van der Waals surface area contributed by atoms with E-state index < -0.39 is 0 Å². The van der Waals surface area contributed by atoms with Gasteiger partial charge in [-0.1, -0.05) is 5.21 Å². The Morgan fingerprint density at radius 2 is 2.33 bits per heavy atom. The maximum Gasteiger partial charge on any atom is 0.0964 e. The average Bonchev–Trinajstić information content (AvgIpc) is 2.45. The summed E-state index contributed by atoms with van der Waals surface area (Å²) in [4.78, 5) is 0. The molecule has 0 aliphatic rings. The lowest BCUT2D eigenvalue weighted by Gasteiger charge is -1.99. The zero-order chi connectivity index (χ0) is 8.81. The van der Waals surface area contributed by atoms with Crippen LogP contribution in [0, 0.1) is 0 Å². The quantitative estimate of drug-likeness (QED) is 0.562. The second-order valence-electron chi connectivity index (χ2n) is 2.66. The van der Waals surface area contributed by atoms with E-state index in [2.05, 4.69) is 20.9 Å². The van der Waals surface area contributed by atoms with Crippen molar-refractivity contribution in [1.29, 1.82) is 0 Å². The van der Waals surface area contributed by atoms with Gasteiger partial charge in [0.1, 0.15) is 0 Å². The smallest absolute Gasteiger partial charge is 0.0964 e. The largest absolute Gasteiger partial charge is 0.318 e. The summed E-state index contributed by atoms with van der Waals surface area (Å²) in [5.74, 6) is 0. The Labute approximate surface area is 72.2 Å². The average molecular weight is 169 g/mol. The van der Waals surface area contributed by atoms with Gasteiger partial charge in [0.05, 0.1) is 5.69 Å². The third-order valence-electron chi connectivity index (χ3n) is 1.51. The number of likely N-dealkylation sites (N-methyl/N-ethyl adjacent to an activating group) is 1. The first-order valence-electron chi connectivity index (χ1n) is 4.03. The molecule has 0 bridgehead atoms. The van der Waals surface area contributed by atoms with Crippen LogP contribution in [0.3, 0.4) is 0 Å². The Morgan fingerprint density at radius 1 is 1.50 bits per heavy atom. The number of rotatable bonds is 5. The Morgan fingerprint density at radius 3 is 2.92 bits per heavy atom. The van der Waals surface area contributed by atoms with Crippen LogP contribution in [0.4, 0.5) is 0 Å². The molecule has 0 aromatic carbocycles. The van der Waals surface area contributed by atoms with Crippen LogP contribution in [0.1, 0.15) is 5.69 Å². The molecule has 0 radical (unpaired) electrons. The second kappa shape index (κ2) is 4.84. The molecule has 1 rings (SSSR count). The molecule has 0 unspecified atom stereocenters. The highest BCUT2D eigenvalue weighted by Gasteiger charge is 1.95. The van der Waals surface area contributed by atoms with Crippen molar-refractivity contribution in [1.82, 2.24) is 25.6 Å². The van der Waals surface area contributed by atoms with E-state index in [0.717, 1.165) is 25.3 Å². The Hall–Kier alpha value is -0.940. The summed E-state index contributed by atoms with van der Waals surface area (Å²) in [6.07, 6.45) is 1.91. The van der Waals surface area contributed by atoms with E-state index in [9.17, 15) is 0 Å². The van der Waals surface area contributed by atoms with Gasteiger partial charge in [0.2, 0.25) is 0 Å². The van der Waals surface area contributed by atoms with Crippen LogP contribution in [0.25, 0.3) is 0 Å². The molecule has 0 amide bonds. The van der Waals surface area contributed by atoms with Gasteiger partial charge in [0.15, 0.2) is 0 Å². The van der Waals surface area contributed by atoms with E-state index in [-0.39, 0.29) is 0 Å². The maximum absolute atomic E-state index is 3.94. The molecule has 0 saturated carbocycles. The van der Waals surface area contributed by atoms with E-state index in [1.165, 1.54) is 0 Å². The molecule has 1 heterocycles. The van der Waals surface area contributed by atoms with Crippen molar-refractivity contribution in [2.24, 2.45) is 7.05 Å². The first kappa shape index (κ1) is 9.15. The molecule has 0 atom stereocenters. The summed E-state index contributed by atoms with van der Waals surface area (Å²) < 4.78 is 1.70. The fourth-order valence-corrected chi connectivity index (χ4v) is 0.906. The molecule has 1 aromatic rings. The zero-order valence-electron chi connectivity index (χ0n) is 7.54. The third kappa shape index (κ3) is 2.98. The second-order valence-corrected chi connectivity index (χ2v) is 2.66. The molecule has 0 aliphatic carbocycles. The number of nitrogens with zero attached hydrogens (tertiary/aromatic N) is 3. The van der Waals surface area contributed by atoms with Crippen LogP contribution in [0.5, 0.6) is 0 Å². The Balaban J connectivity index is 2.15. The van der Waals surface area contributed by atoms with Gasteiger partial charge < -0.3 is 10.6 Å². The predicted molar refractivity (Wildman–Crippen MR) is 46.6 cm³/mol. The van der Waals surface area contributed by atoms with Crippen molar-refractivity contribution in [3.8, 4) is 0 Å². The van der Waals surface area contributed by atoms with Crippen molar-refractivity contribution in [2.45, 2.75) is 6.54 Å². The molecule has 5 heteroatoms. The number of nitrogens with one attached hydrogen (secondary N) is 2. The monoisotopic (exact) mass is 169 g/mol. The van der Waals surface area contributed by atoms with E-state index in [1.54, 1.807) is 4.68 Å². The fraction of sp³-hybridized carbons (Fsp3) is 0.714. The lowest BCUT2D eigenvalue weighted by molar-refractivity contribution is 0.640. The SMILES string of the molecule is CNCCNCc1cn(C)nn1. The van der Waals surface area contributed by atoms with E-state index in [4.69, 9.17) is 0 Å². The van der Waals surface area contributed by atoms with Gasteiger partial charge in [-0.25, -0.2) is 0 Å². The first-order valence-corrected chi connectivity index (χ1v) is 4.03.